The van der Waals surface area contributed by atoms with Crippen LogP contribution in [0.3, 0.4) is 0 Å². The van der Waals surface area contributed by atoms with Gasteiger partial charge in [-0.05, 0) is 36.8 Å². The summed E-state index contributed by atoms with van der Waals surface area (Å²) in [6.45, 7) is 0.329. The van der Waals surface area contributed by atoms with Gasteiger partial charge in [0, 0.05) is 29.7 Å². The Bertz CT molecular complexity index is 1120. The van der Waals surface area contributed by atoms with Crippen molar-refractivity contribution in [3.05, 3.63) is 77.4 Å². The minimum Gasteiger partial charge on any atom is -0.495 e. The van der Waals surface area contributed by atoms with Gasteiger partial charge in [0.25, 0.3) is 5.91 Å². The van der Waals surface area contributed by atoms with Crippen LogP contribution in [-0.2, 0) is 9.59 Å². The fourth-order valence-electron chi connectivity index (χ4n) is 3.54. The molecule has 2 aromatic carbocycles. The second-order valence-corrected chi connectivity index (χ2v) is 7.66. The molecule has 1 N–H and O–H groups in total. The lowest BCUT2D eigenvalue weighted by Gasteiger charge is -2.33. The average Bonchev–Trinajstić information content (AvgIpc) is 2.81. The molecule has 1 aromatic heterocycles. The molecular formula is C24H22ClN3O4. The van der Waals surface area contributed by atoms with Gasteiger partial charge in [-0.1, -0.05) is 41.9 Å². The molecule has 0 fully saturated rings. The molecule has 164 valence electrons. The third-order valence-electron chi connectivity index (χ3n) is 5.07. The van der Waals surface area contributed by atoms with Crippen LogP contribution in [0.4, 0.5) is 11.5 Å². The van der Waals surface area contributed by atoms with E-state index in [0.29, 0.717) is 41.0 Å². The van der Waals surface area contributed by atoms with E-state index in [1.165, 1.54) is 7.11 Å². The van der Waals surface area contributed by atoms with Gasteiger partial charge in [-0.25, -0.2) is 4.98 Å². The van der Waals surface area contributed by atoms with E-state index in [2.05, 4.69) is 10.3 Å². The molecule has 0 saturated heterocycles. The lowest BCUT2D eigenvalue weighted by Crippen LogP contribution is -2.42. The summed E-state index contributed by atoms with van der Waals surface area (Å²) in [6.07, 6.45) is 1.51. The second kappa shape index (κ2) is 9.70. The smallest absolute Gasteiger partial charge is 0.274 e. The van der Waals surface area contributed by atoms with Crippen molar-refractivity contribution in [1.82, 2.24) is 4.98 Å². The minimum atomic E-state index is -0.752. The maximum atomic E-state index is 13.2. The highest BCUT2D eigenvalue weighted by atomic mass is 35.5. The molecule has 0 radical (unpaired) electrons. The van der Waals surface area contributed by atoms with Crippen LogP contribution in [0.5, 0.6) is 11.5 Å². The number of carbonyl (C=O) groups excluding carboxylic acids is 2. The van der Waals surface area contributed by atoms with E-state index < -0.39 is 6.10 Å². The van der Waals surface area contributed by atoms with E-state index in [0.717, 1.165) is 5.56 Å². The SMILES string of the molecule is COc1ccc(Cl)cc1NC(=O)CCCN1C(=O)[C@@H](c2ccccc2)Oc2cccnc21. The molecule has 3 aromatic rings. The fourth-order valence-corrected chi connectivity index (χ4v) is 3.72. The molecule has 1 aliphatic rings. The van der Waals surface area contributed by atoms with Crippen LogP contribution < -0.4 is 19.7 Å². The number of fused-ring (bicyclic) bond motifs is 1. The van der Waals surface area contributed by atoms with Gasteiger partial charge < -0.3 is 14.8 Å². The number of hydrogen-bond acceptors (Lipinski definition) is 5. The number of benzene rings is 2. The summed E-state index contributed by atoms with van der Waals surface area (Å²) >= 11 is 6.02. The number of hydrogen-bond donors (Lipinski definition) is 1. The molecule has 7 nitrogen and oxygen atoms in total. The summed E-state index contributed by atoms with van der Waals surface area (Å²) in [7, 11) is 1.52. The van der Waals surface area contributed by atoms with E-state index in [-0.39, 0.29) is 18.2 Å². The Morgan fingerprint density at radius 3 is 2.78 bits per heavy atom. The molecule has 2 heterocycles. The number of nitrogens with one attached hydrogen (secondary N) is 1. The first-order chi connectivity index (χ1) is 15.6. The first-order valence-corrected chi connectivity index (χ1v) is 10.6. The molecule has 2 amide bonds. The van der Waals surface area contributed by atoms with Crippen molar-refractivity contribution in [2.45, 2.75) is 18.9 Å². The fraction of sp³-hybridized carbons (Fsp3) is 0.208. The summed E-state index contributed by atoms with van der Waals surface area (Å²) in [5.74, 6) is 1.11. The third-order valence-corrected chi connectivity index (χ3v) is 5.30. The number of pyridine rings is 1. The van der Waals surface area contributed by atoms with Crippen LogP contribution in [0.1, 0.15) is 24.5 Å². The Morgan fingerprint density at radius 2 is 2.00 bits per heavy atom. The van der Waals surface area contributed by atoms with E-state index in [9.17, 15) is 9.59 Å². The molecule has 0 saturated carbocycles. The first-order valence-electron chi connectivity index (χ1n) is 10.2. The molecular weight excluding hydrogens is 430 g/mol. The van der Waals surface area contributed by atoms with Crippen LogP contribution in [0.25, 0.3) is 0 Å². The molecule has 0 aliphatic carbocycles. The van der Waals surface area contributed by atoms with Crippen LogP contribution in [0, 0.1) is 0 Å². The quantitative estimate of drug-likeness (QED) is 0.566. The summed E-state index contributed by atoms with van der Waals surface area (Å²) in [4.78, 5) is 31.6. The molecule has 0 unspecified atom stereocenters. The van der Waals surface area contributed by atoms with Gasteiger partial charge in [0.15, 0.2) is 11.6 Å². The molecule has 4 rings (SSSR count). The zero-order valence-corrected chi connectivity index (χ0v) is 18.2. The van der Waals surface area contributed by atoms with Crippen molar-refractivity contribution >= 4 is 34.9 Å². The summed E-state index contributed by atoms with van der Waals surface area (Å²) < 4.78 is 11.2. The zero-order chi connectivity index (χ0) is 22.5. The summed E-state index contributed by atoms with van der Waals surface area (Å²) in [5.41, 5.74) is 1.27. The number of nitrogens with zero attached hydrogens (tertiary/aromatic N) is 2. The molecule has 0 spiro atoms. The monoisotopic (exact) mass is 451 g/mol. The predicted octanol–water partition coefficient (Wildman–Crippen LogP) is 4.63. The van der Waals surface area contributed by atoms with Crippen molar-refractivity contribution in [2.24, 2.45) is 0 Å². The molecule has 1 atom stereocenters. The number of aromatic nitrogens is 1. The number of halogens is 1. The largest absolute Gasteiger partial charge is 0.495 e. The Morgan fingerprint density at radius 1 is 1.19 bits per heavy atom. The second-order valence-electron chi connectivity index (χ2n) is 7.22. The average molecular weight is 452 g/mol. The Balaban J connectivity index is 1.44. The normalized spacial score (nSPS) is 15.0. The van der Waals surface area contributed by atoms with Crippen LogP contribution in [0.15, 0.2) is 66.9 Å². The maximum Gasteiger partial charge on any atom is 0.274 e. The summed E-state index contributed by atoms with van der Waals surface area (Å²) in [5, 5.41) is 3.31. The lowest BCUT2D eigenvalue weighted by molar-refractivity contribution is -0.127. The number of amides is 2. The first kappa shape index (κ1) is 21.6. The van der Waals surface area contributed by atoms with Crippen molar-refractivity contribution in [3.8, 4) is 11.5 Å². The highest BCUT2D eigenvalue weighted by Crippen LogP contribution is 2.37. The number of carbonyl (C=O) groups is 2. The Hall–Kier alpha value is -3.58. The highest BCUT2D eigenvalue weighted by Gasteiger charge is 2.36. The topological polar surface area (TPSA) is 80.8 Å². The highest BCUT2D eigenvalue weighted by molar-refractivity contribution is 6.31. The number of rotatable bonds is 7. The van der Waals surface area contributed by atoms with Gasteiger partial charge in [0.2, 0.25) is 12.0 Å². The number of anilines is 2. The Labute approximate surface area is 190 Å². The van der Waals surface area contributed by atoms with E-state index in [1.54, 1.807) is 41.4 Å². The molecule has 0 bridgehead atoms. The van der Waals surface area contributed by atoms with Crippen molar-refractivity contribution in [1.29, 1.82) is 0 Å². The van der Waals surface area contributed by atoms with Gasteiger partial charge >= 0.3 is 0 Å². The van der Waals surface area contributed by atoms with Gasteiger partial charge in [0.05, 0.1) is 12.8 Å². The maximum absolute atomic E-state index is 13.2. The predicted molar refractivity (Wildman–Crippen MR) is 122 cm³/mol. The number of ether oxygens (including phenoxy) is 2. The zero-order valence-electron chi connectivity index (χ0n) is 17.5. The Kier molecular flexibility index (Phi) is 6.56. The van der Waals surface area contributed by atoms with Crippen molar-refractivity contribution in [3.63, 3.8) is 0 Å². The standard InChI is InChI=1S/C24H22ClN3O4/c1-31-19-12-11-17(25)15-18(19)27-21(29)10-6-14-28-23-20(9-5-13-26-23)32-22(24(28)30)16-7-3-2-4-8-16/h2-5,7-9,11-13,15,22H,6,10,14H2,1H3,(H,27,29)/t22-/m1/s1. The third kappa shape index (κ3) is 4.68. The molecule has 8 heteroatoms. The minimum absolute atomic E-state index is 0.202. The molecule has 1 aliphatic heterocycles. The van der Waals surface area contributed by atoms with E-state index in [4.69, 9.17) is 21.1 Å². The van der Waals surface area contributed by atoms with Gasteiger partial charge in [-0.15, -0.1) is 0 Å². The summed E-state index contributed by atoms with van der Waals surface area (Å²) in [6, 6.07) is 17.9. The number of methoxy groups -OCH3 is 1. The molecule has 32 heavy (non-hydrogen) atoms. The van der Waals surface area contributed by atoms with Crippen molar-refractivity contribution < 1.29 is 19.1 Å². The van der Waals surface area contributed by atoms with Gasteiger partial charge in [-0.3, -0.25) is 14.5 Å². The lowest BCUT2D eigenvalue weighted by atomic mass is 10.1. The van der Waals surface area contributed by atoms with Crippen LogP contribution in [-0.4, -0.2) is 30.5 Å². The van der Waals surface area contributed by atoms with Crippen molar-refractivity contribution in [2.75, 3.05) is 23.9 Å². The van der Waals surface area contributed by atoms with Crippen LogP contribution >= 0.6 is 11.6 Å². The van der Waals surface area contributed by atoms with Gasteiger partial charge in [-0.2, -0.15) is 0 Å². The van der Waals surface area contributed by atoms with Crippen LogP contribution in [0.2, 0.25) is 5.02 Å². The van der Waals surface area contributed by atoms with E-state index >= 15 is 0 Å². The van der Waals surface area contributed by atoms with Gasteiger partial charge in [0.1, 0.15) is 5.75 Å². The van der Waals surface area contributed by atoms with E-state index in [1.807, 2.05) is 30.3 Å².